The highest BCUT2D eigenvalue weighted by Crippen LogP contribution is 2.26. The average Bonchev–Trinajstić information content (AvgIpc) is 2.57. The number of nitrogens with zero attached hydrogens (tertiary/aromatic N) is 2. The molecule has 0 spiro atoms. The van der Waals surface area contributed by atoms with Crippen LogP contribution in [0.5, 0.6) is 0 Å². The maximum atomic E-state index is 9.67. The Bertz CT molecular complexity index is 669. The molecule has 1 aliphatic heterocycles. The predicted molar refractivity (Wildman–Crippen MR) is 95.2 cm³/mol. The Labute approximate surface area is 142 Å². The molecule has 0 bridgehead atoms. The van der Waals surface area contributed by atoms with E-state index in [1.54, 1.807) is 0 Å². The highest BCUT2D eigenvalue weighted by molar-refractivity contribution is 6.31. The Morgan fingerprint density at radius 2 is 2.09 bits per heavy atom. The summed E-state index contributed by atoms with van der Waals surface area (Å²) in [4.78, 5) is 6.77. The number of aryl methyl sites for hydroxylation is 1. The van der Waals surface area contributed by atoms with Crippen molar-refractivity contribution in [2.24, 2.45) is 0 Å². The molecule has 2 aromatic rings. The second kappa shape index (κ2) is 7.20. The summed E-state index contributed by atoms with van der Waals surface area (Å²) < 4.78 is 0. The standard InChI is InChI=1S/C18H22ClN3O/c1-13-11-14(4-5-16(13)19)12-21-17-3-2-8-20-18(17)22-9-6-15(23)7-10-22/h2-5,8,11,15,21,23H,6-7,9-10,12H2,1H3. The molecule has 4 nitrogen and oxygen atoms in total. The minimum Gasteiger partial charge on any atom is -0.393 e. The topological polar surface area (TPSA) is 48.4 Å². The molecule has 0 amide bonds. The van der Waals surface area contributed by atoms with Gasteiger partial charge in [-0.15, -0.1) is 0 Å². The molecule has 1 aliphatic rings. The molecule has 1 fully saturated rings. The van der Waals surface area contributed by atoms with Crippen LogP contribution in [-0.2, 0) is 6.54 Å². The van der Waals surface area contributed by atoms with Gasteiger partial charge in [0.1, 0.15) is 0 Å². The first-order chi connectivity index (χ1) is 11.1. The highest BCUT2D eigenvalue weighted by Gasteiger charge is 2.20. The number of hydrogen-bond donors (Lipinski definition) is 2. The largest absolute Gasteiger partial charge is 0.393 e. The van der Waals surface area contributed by atoms with Gasteiger partial charge in [0.05, 0.1) is 11.8 Å². The van der Waals surface area contributed by atoms with E-state index in [1.807, 2.05) is 31.3 Å². The third-order valence-electron chi connectivity index (χ3n) is 4.26. The van der Waals surface area contributed by atoms with Crippen molar-refractivity contribution < 1.29 is 5.11 Å². The van der Waals surface area contributed by atoms with E-state index in [-0.39, 0.29) is 6.10 Å². The second-order valence-electron chi connectivity index (χ2n) is 6.03. The lowest BCUT2D eigenvalue weighted by molar-refractivity contribution is 0.145. The van der Waals surface area contributed by atoms with E-state index in [0.29, 0.717) is 0 Å². The molecule has 0 unspecified atom stereocenters. The molecule has 0 saturated carbocycles. The van der Waals surface area contributed by atoms with Gasteiger partial charge in [-0.3, -0.25) is 0 Å². The molecule has 0 atom stereocenters. The summed E-state index contributed by atoms with van der Waals surface area (Å²) in [5, 5.41) is 13.9. The molecular formula is C18H22ClN3O. The van der Waals surface area contributed by atoms with Gasteiger partial charge in [0.25, 0.3) is 0 Å². The second-order valence-corrected chi connectivity index (χ2v) is 6.44. The minimum absolute atomic E-state index is 0.177. The molecule has 0 radical (unpaired) electrons. The van der Waals surface area contributed by atoms with Gasteiger partial charge in [0.2, 0.25) is 0 Å². The molecular weight excluding hydrogens is 310 g/mol. The molecule has 5 heteroatoms. The normalized spacial score (nSPS) is 15.7. The molecule has 122 valence electrons. The summed E-state index contributed by atoms with van der Waals surface area (Å²) in [6.45, 7) is 4.42. The van der Waals surface area contributed by atoms with Gasteiger partial charge in [0.15, 0.2) is 5.82 Å². The Morgan fingerprint density at radius 1 is 1.30 bits per heavy atom. The molecule has 1 aromatic heterocycles. The van der Waals surface area contributed by atoms with Gasteiger partial charge in [-0.2, -0.15) is 0 Å². The fraction of sp³-hybridized carbons (Fsp3) is 0.389. The van der Waals surface area contributed by atoms with Crippen molar-refractivity contribution in [2.75, 3.05) is 23.3 Å². The number of nitrogens with one attached hydrogen (secondary N) is 1. The van der Waals surface area contributed by atoms with Crippen LogP contribution in [0.1, 0.15) is 24.0 Å². The van der Waals surface area contributed by atoms with Gasteiger partial charge in [-0.1, -0.05) is 23.7 Å². The zero-order chi connectivity index (χ0) is 16.2. The Balaban J connectivity index is 1.71. The van der Waals surface area contributed by atoms with E-state index in [9.17, 15) is 5.11 Å². The summed E-state index contributed by atoms with van der Waals surface area (Å²) in [6, 6.07) is 10.1. The van der Waals surface area contributed by atoms with Crippen molar-refractivity contribution in [1.82, 2.24) is 4.98 Å². The van der Waals surface area contributed by atoms with E-state index in [1.165, 1.54) is 5.56 Å². The van der Waals surface area contributed by atoms with Crippen LogP contribution in [0.2, 0.25) is 5.02 Å². The average molecular weight is 332 g/mol. The molecule has 2 N–H and O–H groups in total. The number of aliphatic hydroxyl groups excluding tert-OH is 1. The summed E-state index contributed by atoms with van der Waals surface area (Å²) in [5.41, 5.74) is 3.30. The maximum Gasteiger partial charge on any atom is 0.151 e. The molecule has 0 aliphatic carbocycles. The maximum absolute atomic E-state index is 9.67. The van der Waals surface area contributed by atoms with Crippen molar-refractivity contribution in [1.29, 1.82) is 0 Å². The number of piperidine rings is 1. The fourth-order valence-electron chi connectivity index (χ4n) is 2.88. The van der Waals surface area contributed by atoms with Crippen molar-refractivity contribution in [2.45, 2.75) is 32.4 Å². The quantitative estimate of drug-likeness (QED) is 0.898. The fourth-order valence-corrected chi connectivity index (χ4v) is 3.00. The Morgan fingerprint density at radius 3 is 2.83 bits per heavy atom. The number of aliphatic hydroxyl groups is 1. The van der Waals surface area contributed by atoms with Crippen molar-refractivity contribution in [3.05, 3.63) is 52.7 Å². The smallest absolute Gasteiger partial charge is 0.151 e. The summed E-state index contributed by atoms with van der Waals surface area (Å²) in [7, 11) is 0. The van der Waals surface area contributed by atoms with Gasteiger partial charge in [-0.25, -0.2) is 4.98 Å². The third kappa shape index (κ3) is 3.95. The van der Waals surface area contributed by atoms with E-state index in [4.69, 9.17) is 11.6 Å². The van der Waals surface area contributed by atoms with E-state index < -0.39 is 0 Å². The zero-order valence-electron chi connectivity index (χ0n) is 13.3. The van der Waals surface area contributed by atoms with Gasteiger partial charge in [-0.05, 0) is 49.1 Å². The van der Waals surface area contributed by atoms with Crippen LogP contribution in [0.25, 0.3) is 0 Å². The lowest BCUT2D eigenvalue weighted by Crippen LogP contribution is -2.36. The zero-order valence-corrected chi connectivity index (χ0v) is 14.1. The molecule has 2 heterocycles. The van der Waals surface area contributed by atoms with Gasteiger partial charge >= 0.3 is 0 Å². The lowest BCUT2D eigenvalue weighted by Gasteiger charge is -2.31. The predicted octanol–water partition coefficient (Wildman–Crippen LogP) is 3.62. The number of anilines is 2. The summed E-state index contributed by atoms with van der Waals surface area (Å²) in [6.07, 6.45) is 3.24. The number of halogens is 1. The van der Waals surface area contributed by atoms with Crippen LogP contribution in [0.3, 0.4) is 0 Å². The van der Waals surface area contributed by atoms with Crippen molar-refractivity contribution in [3.63, 3.8) is 0 Å². The molecule has 1 saturated heterocycles. The van der Waals surface area contributed by atoms with Crippen LogP contribution in [-0.4, -0.2) is 29.3 Å². The SMILES string of the molecule is Cc1cc(CNc2cccnc2N2CCC(O)CC2)ccc1Cl. The highest BCUT2D eigenvalue weighted by atomic mass is 35.5. The number of pyridine rings is 1. The van der Waals surface area contributed by atoms with Crippen molar-refractivity contribution >= 4 is 23.1 Å². The molecule has 3 rings (SSSR count). The number of aromatic nitrogens is 1. The van der Waals surface area contributed by atoms with E-state index in [0.717, 1.165) is 54.6 Å². The first-order valence-electron chi connectivity index (χ1n) is 8.00. The number of hydrogen-bond acceptors (Lipinski definition) is 4. The van der Waals surface area contributed by atoms with Crippen LogP contribution >= 0.6 is 11.6 Å². The Kier molecular flexibility index (Phi) is 5.03. The van der Waals surface area contributed by atoms with Gasteiger partial charge < -0.3 is 15.3 Å². The molecule has 23 heavy (non-hydrogen) atoms. The first-order valence-corrected chi connectivity index (χ1v) is 8.38. The monoisotopic (exact) mass is 331 g/mol. The van der Waals surface area contributed by atoms with Crippen LogP contribution in [0.4, 0.5) is 11.5 Å². The first kappa shape index (κ1) is 16.1. The third-order valence-corrected chi connectivity index (χ3v) is 4.68. The van der Waals surface area contributed by atoms with Crippen LogP contribution in [0, 0.1) is 6.92 Å². The number of rotatable bonds is 4. The lowest BCUT2D eigenvalue weighted by atomic mass is 10.1. The van der Waals surface area contributed by atoms with E-state index in [2.05, 4.69) is 27.3 Å². The van der Waals surface area contributed by atoms with E-state index >= 15 is 0 Å². The van der Waals surface area contributed by atoms with Crippen molar-refractivity contribution in [3.8, 4) is 0 Å². The van der Waals surface area contributed by atoms with Crippen LogP contribution in [0.15, 0.2) is 36.5 Å². The Hall–Kier alpha value is -1.78. The summed E-state index contributed by atoms with van der Waals surface area (Å²) >= 11 is 6.08. The van der Waals surface area contributed by atoms with Crippen LogP contribution < -0.4 is 10.2 Å². The number of benzene rings is 1. The minimum atomic E-state index is -0.177. The van der Waals surface area contributed by atoms with Gasteiger partial charge in [0, 0.05) is 30.9 Å². The molecule has 1 aromatic carbocycles. The summed E-state index contributed by atoms with van der Waals surface area (Å²) in [5.74, 6) is 0.963.